The fourth-order valence-corrected chi connectivity index (χ4v) is 2.53. The molecule has 1 amide bonds. The van der Waals surface area contributed by atoms with Gasteiger partial charge in [-0.05, 0) is 17.0 Å². The molecule has 0 unspecified atom stereocenters. The van der Waals surface area contributed by atoms with Crippen molar-refractivity contribution in [1.29, 1.82) is 0 Å². The number of thiophene rings is 1. The molecule has 0 atom stereocenters. The molecule has 1 aromatic heterocycles. The van der Waals surface area contributed by atoms with Crippen molar-refractivity contribution in [2.45, 2.75) is 32.7 Å². The van der Waals surface area contributed by atoms with Crippen LogP contribution < -0.4 is 5.32 Å². The lowest BCUT2D eigenvalue weighted by Gasteiger charge is -2.15. The summed E-state index contributed by atoms with van der Waals surface area (Å²) in [6.45, 7) is 7.23. The van der Waals surface area contributed by atoms with Gasteiger partial charge in [-0.25, -0.2) is 0 Å². The second-order valence-corrected chi connectivity index (χ2v) is 5.45. The molecule has 2 heterocycles. The van der Waals surface area contributed by atoms with Crippen LogP contribution in [0.25, 0.3) is 0 Å². The summed E-state index contributed by atoms with van der Waals surface area (Å²) in [7, 11) is 0. The molecule has 0 bridgehead atoms. The third-order valence-corrected chi connectivity index (χ3v) is 3.80. The smallest absolute Gasteiger partial charge is 0.261 e. The summed E-state index contributed by atoms with van der Waals surface area (Å²) >= 11 is 1.62. The molecule has 0 fully saturated rings. The maximum Gasteiger partial charge on any atom is 0.261 e. The average Bonchev–Trinajstić information content (AvgIpc) is 2.51. The summed E-state index contributed by atoms with van der Waals surface area (Å²) < 4.78 is 0. The molecule has 2 rings (SSSR count). The molecule has 0 radical (unpaired) electrons. The molecule has 0 aliphatic carbocycles. The number of amides is 1. The van der Waals surface area contributed by atoms with Crippen LogP contribution in [0.15, 0.2) is 6.07 Å². The molecular weight excluding hydrogens is 182 g/mol. The Morgan fingerprint density at radius 2 is 2.15 bits per heavy atom. The van der Waals surface area contributed by atoms with Gasteiger partial charge in [0.25, 0.3) is 5.91 Å². The van der Waals surface area contributed by atoms with Crippen molar-refractivity contribution in [3.63, 3.8) is 0 Å². The van der Waals surface area contributed by atoms with Gasteiger partial charge in [-0.3, -0.25) is 4.79 Å². The predicted octanol–water partition coefficient (Wildman–Crippen LogP) is 2.29. The van der Waals surface area contributed by atoms with Crippen LogP contribution in [-0.2, 0) is 12.0 Å². The van der Waals surface area contributed by atoms with Gasteiger partial charge in [-0.1, -0.05) is 20.8 Å². The van der Waals surface area contributed by atoms with E-state index in [-0.39, 0.29) is 11.3 Å². The normalized spacial score (nSPS) is 15.8. The quantitative estimate of drug-likeness (QED) is 0.676. The first-order valence-electron chi connectivity index (χ1n) is 4.40. The molecule has 1 aromatic rings. The highest BCUT2D eigenvalue weighted by atomic mass is 32.1. The number of rotatable bonds is 0. The summed E-state index contributed by atoms with van der Waals surface area (Å²) in [5.74, 6) is 0.0931. The van der Waals surface area contributed by atoms with E-state index in [2.05, 4.69) is 32.2 Å². The van der Waals surface area contributed by atoms with E-state index in [4.69, 9.17) is 0 Å². The molecule has 0 saturated heterocycles. The minimum atomic E-state index is 0.0931. The van der Waals surface area contributed by atoms with Crippen molar-refractivity contribution >= 4 is 17.2 Å². The van der Waals surface area contributed by atoms with Gasteiger partial charge in [0, 0.05) is 11.4 Å². The molecule has 13 heavy (non-hydrogen) atoms. The zero-order chi connectivity index (χ0) is 9.64. The van der Waals surface area contributed by atoms with E-state index in [0.29, 0.717) is 6.54 Å². The van der Waals surface area contributed by atoms with Gasteiger partial charge in [0.2, 0.25) is 0 Å². The Labute approximate surface area is 82.0 Å². The van der Waals surface area contributed by atoms with Crippen LogP contribution in [0, 0.1) is 0 Å². The zero-order valence-electron chi connectivity index (χ0n) is 8.10. The molecule has 1 aliphatic heterocycles. The van der Waals surface area contributed by atoms with Crippen molar-refractivity contribution in [3.8, 4) is 0 Å². The van der Waals surface area contributed by atoms with E-state index in [1.807, 2.05) is 0 Å². The van der Waals surface area contributed by atoms with Crippen molar-refractivity contribution in [1.82, 2.24) is 5.32 Å². The van der Waals surface area contributed by atoms with E-state index in [1.54, 1.807) is 11.3 Å². The zero-order valence-corrected chi connectivity index (χ0v) is 8.92. The maximum absolute atomic E-state index is 11.3. The third kappa shape index (κ3) is 1.37. The van der Waals surface area contributed by atoms with Gasteiger partial charge in [0.05, 0.1) is 4.88 Å². The Morgan fingerprint density at radius 3 is 2.69 bits per heavy atom. The van der Waals surface area contributed by atoms with Crippen molar-refractivity contribution < 1.29 is 4.79 Å². The van der Waals surface area contributed by atoms with Gasteiger partial charge in [-0.15, -0.1) is 11.3 Å². The topological polar surface area (TPSA) is 29.1 Å². The minimum absolute atomic E-state index is 0.0931. The lowest BCUT2D eigenvalue weighted by atomic mass is 9.94. The van der Waals surface area contributed by atoms with Crippen LogP contribution in [0.3, 0.4) is 0 Å². The summed E-state index contributed by atoms with van der Waals surface area (Å²) in [4.78, 5) is 13.5. The van der Waals surface area contributed by atoms with Gasteiger partial charge in [0.1, 0.15) is 0 Å². The number of fused-ring (bicyclic) bond motifs is 1. The lowest BCUT2D eigenvalue weighted by molar-refractivity contribution is 0.0969. The monoisotopic (exact) mass is 195 g/mol. The van der Waals surface area contributed by atoms with E-state index in [1.165, 1.54) is 10.4 Å². The summed E-state index contributed by atoms with van der Waals surface area (Å²) in [6.07, 6.45) is 0. The first kappa shape index (κ1) is 8.75. The lowest BCUT2D eigenvalue weighted by Crippen LogP contribution is -2.13. The highest BCUT2D eigenvalue weighted by molar-refractivity contribution is 7.14. The van der Waals surface area contributed by atoms with Crippen LogP contribution in [0.4, 0.5) is 0 Å². The Bertz CT molecular complexity index is 359. The van der Waals surface area contributed by atoms with Crippen LogP contribution in [-0.4, -0.2) is 5.91 Å². The van der Waals surface area contributed by atoms with Crippen LogP contribution in [0.5, 0.6) is 0 Å². The van der Waals surface area contributed by atoms with Crippen LogP contribution >= 0.6 is 11.3 Å². The SMILES string of the molecule is CC(C)(C)c1cc2c(s1)C(=O)NC2. The van der Waals surface area contributed by atoms with Crippen LogP contribution in [0.1, 0.15) is 40.9 Å². The fourth-order valence-electron chi connectivity index (χ4n) is 1.38. The number of hydrogen-bond acceptors (Lipinski definition) is 2. The molecule has 1 N–H and O–H groups in total. The summed E-state index contributed by atoms with van der Waals surface area (Å²) in [5, 5.41) is 2.82. The van der Waals surface area contributed by atoms with Crippen molar-refractivity contribution in [3.05, 3.63) is 21.4 Å². The fraction of sp³-hybridized carbons (Fsp3) is 0.500. The third-order valence-electron chi connectivity index (χ3n) is 2.19. The molecule has 70 valence electrons. The van der Waals surface area contributed by atoms with E-state index in [0.717, 1.165) is 4.88 Å². The molecule has 1 aliphatic rings. The summed E-state index contributed by atoms with van der Waals surface area (Å²) in [5.41, 5.74) is 1.33. The molecule has 0 saturated carbocycles. The van der Waals surface area contributed by atoms with Crippen molar-refractivity contribution in [2.75, 3.05) is 0 Å². The van der Waals surface area contributed by atoms with Gasteiger partial charge in [-0.2, -0.15) is 0 Å². The Balaban J connectivity index is 2.45. The Kier molecular flexibility index (Phi) is 1.74. The number of carbonyl (C=O) groups excluding carboxylic acids is 1. The molecule has 0 aromatic carbocycles. The first-order valence-corrected chi connectivity index (χ1v) is 5.21. The van der Waals surface area contributed by atoms with E-state index in [9.17, 15) is 4.79 Å². The largest absolute Gasteiger partial charge is 0.347 e. The molecule has 0 spiro atoms. The highest BCUT2D eigenvalue weighted by Gasteiger charge is 2.26. The van der Waals surface area contributed by atoms with Gasteiger partial charge < -0.3 is 5.32 Å². The number of carbonyl (C=O) groups is 1. The van der Waals surface area contributed by atoms with E-state index >= 15 is 0 Å². The molecule has 2 nitrogen and oxygen atoms in total. The Morgan fingerprint density at radius 1 is 1.46 bits per heavy atom. The van der Waals surface area contributed by atoms with E-state index < -0.39 is 0 Å². The number of hydrogen-bond donors (Lipinski definition) is 1. The van der Waals surface area contributed by atoms with Crippen molar-refractivity contribution in [2.24, 2.45) is 0 Å². The summed E-state index contributed by atoms with van der Waals surface area (Å²) in [6, 6.07) is 2.15. The average molecular weight is 195 g/mol. The Hall–Kier alpha value is -0.830. The standard InChI is InChI=1S/C10H13NOS/c1-10(2,3)7-4-6-5-11-9(12)8(6)13-7/h4H,5H2,1-3H3,(H,11,12). The number of nitrogens with one attached hydrogen (secondary N) is 1. The first-order chi connectivity index (χ1) is 5.98. The van der Waals surface area contributed by atoms with Crippen LogP contribution in [0.2, 0.25) is 0 Å². The second-order valence-electron chi connectivity index (χ2n) is 4.40. The van der Waals surface area contributed by atoms with Gasteiger partial charge in [0.15, 0.2) is 0 Å². The molecular formula is C10H13NOS. The highest BCUT2D eigenvalue weighted by Crippen LogP contribution is 2.34. The minimum Gasteiger partial charge on any atom is -0.347 e. The second kappa shape index (κ2) is 2.58. The predicted molar refractivity (Wildman–Crippen MR) is 54.2 cm³/mol. The maximum atomic E-state index is 11.3. The van der Waals surface area contributed by atoms with Gasteiger partial charge >= 0.3 is 0 Å². The molecule has 3 heteroatoms.